The first-order valence-electron chi connectivity index (χ1n) is 3.67. The van der Waals surface area contributed by atoms with E-state index in [2.05, 4.69) is 27.9 Å². The van der Waals surface area contributed by atoms with Crippen molar-refractivity contribution in [1.29, 1.82) is 0 Å². The van der Waals surface area contributed by atoms with Crippen molar-refractivity contribution in [3.05, 3.63) is 33.4 Å². The highest BCUT2D eigenvalue weighted by Gasteiger charge is 2.09. The van der Waals surface area contributed by atoms with Crippen molar-refractivity contribution in [2.45, 2.75) is 6.92 Å². The van der Waals surface area contributed by atoms with E-state index in [9.17, 15) is 9.59 Å². The van der Waals surface area contributed by atoms with Crippen LogP contribution >= 0.6 is 22.6 Å². The first kappa shape index (κ1) is 10.2. The molecule has 0 aliphatic carbocycles. The first-order chi connectivity index (χ1) is 6.11. The Morgan fingerprint density at radius 3 is 2.46 bits per heavy atom. The summed E-state index contributed by atoms with van der Waals surface area (Å²) in [5.41, 5.74) is 0.526. The van der Waals surface area contributed by atoms with Gasteiger partial charge >= 0.3 is 0 Å². The van der Waals surface area contributed by atoms with Crippen molar-refractivity contribution in [2.75, 3.05) is 0 Å². The molecule has 0 atom stereocenters. The Morgan fingerprint density at radius 2 is 1.92 bits per heavy atom. The quantitative estimate of drug-likeness (QED) is 0.798. The average Bonchev–Trinajstić information content (AvgIpc) is 2.03. The van der Waals surface area contributed by atoms with E-state index in [4.69, 9.17) is 0 Å². The minimum Gasteiger partial charge on any atom is -0.293 e. The molecule has 0 radical (unpaired) electrons. The van der Waals surface area contributed by atoms with Crippen molar-refractivity contribution >= 4 is 34.4 Å². The third-order valence-corrected chi connectivity index (χ3v) is 2.35. The fourth-order valence-corrected chi connectivity index (χ4v) is 1.50. The van der Waals surface area contributed by atoms with Gasteiger partial charge in [0.2, 0.25) is 5.91 Å². The van der Waals surface area contributed by atoms with Crippen LogP contribution in [0.15, 0.2) is 24.3 Å². The predicted octanol–water partition coefficient (Wildman–Crippen LogP) is 1.57. The molecule has 0 aliphatic heterocycles. The van der Waals surface area contributed by atoms with Crippen LogP contribution in [0.4, 0.5) is 0 Å². The number of amides is 2. The second-order valence-electron chi connectivity index (χ2n) is 2.49. The second kappa shape index (κ2) is 4.36. The van der Waals surface area contributed by atoms with Crippen molar-refractivity contribution in [1.82, 2.24) is 5.32 Å². The maximum atomic E-state index is 11.3. The highest BCUT2D eigenvalue weighted by molar-refractivity contribution is 14.1. The number of halogens is 1. The van der Waals surface area contributed by atoms with Crippen LogP contribution in [0.3, 0.4) is 0 Å². The first-order valence-corrected chi connectivity index (χ1v) is 4.75. The Morgan fingerprint density at radius 1 is 1.31 bits per heavy atom. The summed E-state index contributed by atoms with van der Waals surface area (Å²) in [5, 5.41) is 2.22. The average molecular weight is 289 g/mol. The van der Waals surface area contributed by atoms with Gasteiger partial charge in [0, 0.05) is 10.5 Å². The number of imide groups is 1. The van der Waals surface area contributed by atoms with Crippen molar-refractivity contribution < 1.29 is 9.59 Å². The summed E-state index contributed by atoms with van der Waals surface area (Å²) in [5.74, 6) is -0.692. The fraction of sp³-hybridized carbons (Fsp3) is 0.111. The minimum atomic E-state index is -0.350. The van der Waals surface area contributed by atoms with Gasteiger partial charge in [0.25, 0.3) is 5.91 Å². The lowest BCUT2D eigenvalue weighted by Gasteiger charge is -2.02. The Bertz CT molecular complexity index is 349. The molecule has 1 aromatic rings. The molecule has 3 nitrogen and oxygen atoms in total. The Labute approximate surface area is 89.7 Å². The van der Waals surface area contributed by atoms with E-state index in [1.807, 2.05) is 12.1 Å². The third kappa shape index (κ3) is 2.80. The van der Waals surface area contributed by atoms with Gasteiger partial charge in [-0.05, 0) is 34.7 Å². The maximum Gasteiger partial charge on any atom is 0.258 e. The van der Waals surface area contributed by atoms with Crippen molar-refractivity contribution in [2.24, 2.45) is 0 Å². The van der Waals surface area contributed by atoms with E-state index in [1.165, 1.54) is 6.92 Å². The number of hydrogen-bond donors (Lipinski definition) is 1. The number of hydrogen-bond acceptors (Lipinski definition) is 2. The van der Waals surface area contributed by atoms with Gasteiger partial charge in [-0.3, -0.25) is 14.9 Å². The van der Waals surface area contributed by atoms with Crippen LogP contribution in [-0.4, -0.2) is 11.8 Å². The zero-order chi connectivity index (χ0) is 9.84. The summed E-state index contributed by atoms with van der Waals surface area (Å²) in [7, 11) is 0. The normalized spacial score (nSPS) is 9.38. The molecule has 0 unspecified atom stereocenters. The topological polar surface area (TPSA) is 46.2 Å². The summed E-state index contributed by atoms with van der Waals surface area (Å²) in [6.07, 6.45) is 0. The molecule has 0 fully saturated rings. The molecule has 4 heteroatoms. The number of benzene rings is 1. The number of rotatable bonds is 1. The Kier molecular flexibility index (Phi) is 3.41. The van der Waals surface area contributed by atoms with E-state index in [1.54, 1.807) is 12.1 Å². The summed E-state index contributed by atoms with van der Waals surface area (Å²) >= 11 is 2.05. The van der Waals surface area contributed by atoms with Gasteiger partial charge in [-0.1, -0.05) is 12.1 Å². The monoisotopic (exact) mass is 289 g/mol. The van der Waals surface area contributed by atoms with Gasteiger partial charge in [0.05, 0.1) is 5.56 Å². The molecule has 68 valence electrons. The Balaban J connectivity index is 2.89. The van der Waals surface area contributed by atoms with Crippen LogP contribution < -0.4 is 5.32 Å². The summed E-state index contributed by atoms with van der Waals surface area (Å²) in [6.45, 7) is 1.31. The molecule has 13 heavy (non-hydrogen) atoms. The molecule has 0 spiro atoms. The van der Waals surface area contributed by atoms with Gasteiger partial charge in [0.15, 0.2) is 0 Å². The maximum absolute atomic E-state index is 11.3. The van der Waals surface area contributed by atoms with Crippen LogP contribution in [0.25, 0.3) is 0 Å². The van der Waals surface area contributed by atoms with E-state index in [-0.39, 0.29) is 11.8 Å². The standard InChI is InChI=1S/C9H8INO2/c1-6(12)11-9(13)7-4-2-3-5-8(7)10/h2-5H,1H3,(H,11,12,13). The summed E-state index contributed by atoms with van der Waals surface area (Å²) in [4.78, 5) is 21.9. The van der Waals surface area contributed by atoms with Gasteiger partial charge in [-0.25, -0.2) is 0 Å². The van der Waals surface area contributed by atoms with E-state index in [0.717, 1.165) is 3.57 Å². The molecule has 1 rings (SSSR count). The molecule has 1 aromatic carbocycles. The molecule has 0 aromatic heterocycles. The molecular formula is C9H8INO2. The lowest BCUT2D eigenvalue weighted by molar-refractivity contribution is -0.118. The molecule has 0 saturated heterocycles. The van der Waals surface area contributed by atoms with Crippen molar-refractivity contribution in [3.63, 3.8) is 0 Å². The highest BCUT2D eigenvalue weighted by atomic mass is 127. The lowest BCUT2D eigenvalue weighted by Crippen LogP contribution is -2.28. The molecule has 0 saturated carbocycles. The molecule has 0 aliphatic rings. The number of nitrogens with one attached hydrogen (secondary N) is 1. The van der Waals surface area contributed by atoms with Crippen molar-refractivity contribution in [3.8, 4) is 0 Å². The lowest BCUT2D eigenvalue weighted by atomic mass is 10.2. The smallest absolute Gasteiger partial charge is 0.258 e. The van der Waals surface area contributed by atoms with Gasteiger partial charge in [-0.2, -0.15) is 0 Å². The summed E-state index contributed by atoms with van der Waals surface area (Å²) in [6, 6.07) is 7.10. The fourth-order valence-electron chi connectivity index (χ4n) is 0.873. The predicted molar refractivity (Wildman–Crippen MR) is 57.3 cm³/mol. The molecular weight excluding hydrogens is 281 g/mol. The second-order valence-corrected chi connectivity index (χ2v) is 3.65. The number of carbonyl (C=O) groups is 2. The van der Waals surface area contributed by atoms with Gasteiger partial charge in [-0.15, -0.1) is 0 Å². The van der Waals surface area contributed by atoms with E-state index < -0.39 is 0 Å². The van der Waals surface area contributed by atoms with Crippen LogP contribution in [0.1, 0.15) is 17.3 Å². The largest absolute Gasteiger partial charge is 0.293 e. The van der Waals surface area contributed by atoms with Gasteiger partial charge < -0.3 is 0 Å². The molecule has 1 N–H and O–H groups in total. The van der Waals surface area contributed by atoms with Crippen LogP contribution in [0.5, 0.6) is 0 Å². The SMILES string of the molecule is CC(=O)NC(=O)c1ccccc1I. The van der Waals surface area contributed by atoms with Crippen LogP contribution in [-0.2, 0) is 4.79 Å². The molecule has 0 heterocycles. The highest BCUT2D eigenvalue weighted by Crippen LogP contribution is 2.10. The van der Waals surface area contributed by atoms with E-state index >= 15 is 0 Å². The van der Waals surface area contributed by atoms with E-state index in [0.29, 0.717) is 5.56 Å². The molecule has 2 amide bonds. The molecule has 0 bridgehead atoms. The van der Waals surface area contributed by atoms with Crippen LogP contribution in [0.2, 0.25) is 0 Å². The number of carbonyl (C=O) groups excluding carboxylic acids is 2. The zero-order valence-corrected chi connectivity index (χ0v) is 9.16. The van der Waals surface area contributed by atoms with Gasteiger partial charge in [0.1, 0.15) is 0 Å². The third-order valence-electron chi connectivity index (χ3n) is 1.41. The summed E-state index contributed by atoms with van der Waals surface area (Å²) < 4.78 is 0.832. The Hall–Kier alpha value is -0.910. The zero-order valence-electron chi connectivity index (χ0n) is 7.00. The minimum absolute atomic E-state index is 0.343. The van der Waals surface area contributed by atoms with Crippen LogP contribution in [0, 0.1) is 3.57 Å².